The number of phenolic OH excluding ortho intramolecular Hbond substituents is 1. The fraction of sp³-hybridized carbons (Fsp3) is 0.211. The Labute approximate surface area is 161 Å². The fourth-order valence-electron chi connectivity index (χ4n) is 2.38. The number of aromatic amines is 1. The van der Waals surface area contributed by atoms with Crippen molar-refractivity contribution in [2.75, 3.05) is 11.9 Å². The molecule has 0 bridgehead atoms. The van der Waals surface area contributed by atoms with Gasteiger partial charge in [-0.2, -0.15) is 10.1 Å². The lowest BCUT2D eigenvalue weighted by atomic mass is 10.2. The maximum absolute atomic E-state index is 12.5. The Balaban J connectivity index is 1.87. The lowest BCUT2D eigenvalue weighted by Gasteiger charge is -2.12. The van der Waals surface area contributed by atoms with Crippen LogP contribution in [-0.4, -0.2) is 33.7 Å². The number of fused-ring (bicyclic) bond motifs is 1. The van der Waals surface area contributed by atoms with E-state index in [0.717, 1.165) is 10.9 Å². The van der Waals surface area contributed by atoms with Gasteiger partial charge < -0.3 is 15.7 Å². The van der Waals surface area contributed by atoms with E-state index in [9.17, 15) is 9.90 Å². The Morgan fingerprint density at radius 2 is 2.00 bits per heavy atom. The topological polar surface area (TPSA) is 102 Å². The van der Waals surface area contributed by atoms with Crippen LogP contribution in [0.3, 0.4) is 0 Å². The summed E-state index contributed by atoms with van der Waals surface area (Å²) in [5, 5.41) is 24.1. The van der Waals surface area contributed by atoms with E-state index >= 15 is 0 Å². The number of hydrogen-bond acceptors (Lipinski definition) is 3. The first kappa shape index (κ1) is 18.7. The normalized spacial score (nSPS) is 11.8. The van der Waals surface area contributed by atoms with Crippen molar-refractivity contribution in [3.8, 4) is 5.75 Å². The number of guanidine groups is 1. The highest BCUT2D eigenvalue weighted by Crippen LogP contribution is 2.23. The first-order chi connectivity index (χ1) is 12.9. The summed E-state index contributed by atoms with van der Waals surface area (Å²) >= 11 is 6.00. The summed E-state index contributed by atoms with van der Waals surface area (Å²) in [4.78, 5) is 16.6. The fourth-order valence-corrected chi connectivity index (χ4v) is 2.55. The molecule has 8 heteroatoms. The number of nitrogens with one attached hydrogen (secondary N) is 3. The number of phenols is 1. The van der Waals surface area contributed by atoms with Gasteiger partial charge in [0, 0.05) is 22.5 Å². The number of anilines is 1. The van der Waals surface area contributed by atoms with Crippen molar-refractivity contribution in [3.63, 3.8) is 0 Å². The summed E-state index contributed by atoms with van der Waals surface area (Å²) in [6.07, 6.45) is 0. The van der Waals surface area contributed by atoms with E-state index in [1.54, 1.807) is 12.1 Å². The maximum Gasteiger partial charge on any atom is 0.280 e. The summed E-state index contributed by atoms with van der Waals surface area (Å²) in [5.41, 5.74) is 1.15. The van der Waals surface area contributed by atoms with Gasteiger partial charge in [0.2, 0.25) is 5.96 Å². The van der Waals surface area contributed by atoms with Gasteiger partial charge in [-0.15, -0.1) is 0 Å². The number of carbonyl (C=O) groups excluding carboxylic acids is 1. The molecule has 140 valence electrons. The highest BCUT2D eigenvalue weighted by atomic mass is 35.5. The van der Waals surface area contributed by atoms with Gasteiger partial charge in [0.25, 0.3) is 5.91 Å². The highest BCUT2D eigenvalue weighted by molar-refractivity contribution is 6.31. The van der Waals surface area contributed by atoms with Gasteiger partial charge in [0.15, 0.2) is 5.82 Å². The third-order valence-electron chi connectivity index (χ3n) is 3.77. The quantitative estimate of drug-likeness (QED) is 0.404. The molecule has 3 aromatic rings. The highest BCUT2D eigenvalue weighted by Gasteiger charge is 2.12. The molecule has 3 rings (SSSR count). The number of aromatic hydroxyl groups is 1. The van der Waals surface area contributed by atoms with Gasteiger partial charge in [-0.25, -0.2) is 0 Å². The van der Waals surface area contributed by atoms with Gasteiger partial charge in [-0.3, -0.25) is 9.89 Å². The molecule has 4 N–H and O–H groups in total. The molecule has 0 aliphatic heterocycles. The second-order valence-electron chi connectivity index (χ2n) is 6.47. The van der Waals surface area contributed by atoms with Crippen LogP contribution in [0.5, 0.6) is 5.75 Å². The molecular formula is C19H20ClN5O2. The molecule has 2 aromatic carbocycles. The van der Waals surface area contributed by atoms with Crippen LogP contribution in [0.2, 0.25) is 5.02 Å². The van der Waals surface area contributed by atoms with Gasteiger partial charge in [0.05, 0.1) is 5.52 Å². The lowest BCUT2D eigenvalue weighted by molar-refractivity contribution is 0.100. The average molecular weight is 386 g/mol. The smallest absolute Gasteiger partial charge is 0.280 e. The third-order valence-corrected chi connectivity index (χ3v) is 4.00. The molecule has 0 saturated carbocycles. The molecule has 0 atom stereocenters. The molecule has 7 nitrogen and oxygen atoms in total. The number of halogens is 1. The number of aliphatic imine (C=N–C) groups is 1. The minimum Gasteiger partial charge on any atom is -0.508 e. The number of hydrogen-bond donors (Lipinski definition) is 4. The van der Waals surface area contributed by atoms with Crippen LogP contribution in [0.1, 0.15) is 24.2 Å². The van der Waals surface area contributed by atoms with E-state index in [0.29, 0.717) is 34.8 Å². The zero-order chi connectivity index (χ0) is 19.4. The number of carbonyl (C=O) groups is 1. The van der Waals surface area contributed by atoms with E-state index < -0.39 is 5.91 Å². The third kappa shape index (κ3) is 4.77. The molecule has 0 saturated heterocycles. The summed E-state index contributed by atoms with van der Waals surface area (Å²) in [6.45, 7) is 4.74. The van der Waals surface area contributed by atoms with Crippen LogP contribution in [-0.2, 0) is 0 Å². The Morgan fingerprint density at radius 3 is 2.70 bits per heavy atom. The first-order valence-electron chi connectivity index (χ1n) is 8.49. The molecular weight excluding hydrogens is 366 g/mol. The van der Waals surface area contributed by atoms with Crippen LogP contribution in [0.15, 0.2) is 47.5 Å². The molecule has 1 aromatic heterocycles. The van der Waals surface area contributed by atoms with E-state index in [1.165, 1.54) is 24.3 Å². The predicted octanol–water partition coefficient (Wildman–Crippen LogP) is 3.78. The Morgan fingerprint density at radius 1 is 1.26 bits per heavy atom. The Bertz CT molecular complexity index is 979. The van der Waals surface area contributed by atoms with Crippen LogP contribution in [0.4, 0.5) is 5.82 Å². The first-order valence-corrected chi connectivity index (χ1v) is 8.87. The largest absolute Gasteiger partial charge is 0.508 e. The van der Waals surface area contributed by atoms with Gasteiger partial charge in [0.1, 0.15) is 5.75 Å². The second-order valence-corrected chi connectivity index (χ2v) is 6.91. The average Bonchev–Trinajstić information content (AvgIpc) is 3.02. The van der Waals surface area contributed by atoms with E-state index in [4.69, 9.17) is 11.6 Å². The number of H-pyrrole nitrogens is 1. The molecule has 0 fully saturated rings. The summed E-state index contributed by atoms with van der Waals surface area (Å²) < 4.78 is 0. The van der Waals surface area contributed by atoms with Crippen molar-refractivity contribution in [3.05, 3.63) is 53.1 Å². The number of amides is 1. The van der Waals surface area contributed by atoms with Crippen LogP contribution in [0, 0.1) is 5.92 Å². The molecule has 0 spiro atoms. The van der Waals surface area contributed by atoms with Crippen molar-refractivity contribution in [1.82, 2.24) is 15.5 Å². The Kier molecular flexibility index (Phi) is 5.61. The van der Waals surface area contributed by atoms with Crippen molar-refractivity contribution in [1.29, 1.82) is 0 Å². The minimum absolute atomic E-state index is 0.0912. The van der Waals surface area contributed by atoms with Crippen LogP contribution < -0.4 is 10.6 Å². The monoisotopic (exact) mass is 385 g/mol. The van der Waals surface area contributed by atoms with Crippen LogP contribution >= 0.6 is 11.6 Å². The Hall–Kier alpha value is -3.06. The van der Waals surface area contributed by atoms with Crippen molar-refractivity contribution < 1.29 is 9.90 Å². The van der Waals surface area contributed by atoms with E-state index in [-0.39, 0.29) is 5.75 Å². The zero-order valence-corrected chi connectivity index (χ0v) is 15.7. The number of aromatic nitrogens is 2. The molecule has 0 radical (unpaired) electrons. The molecule has 0 aliphatic rings. The number of nitrogens with zero attached hydrogens (tertiary/aromatic N) is 2. The van der Waals surface area contributed by atoms with Crippen molar-refractivity contribution >= 4 is 40.2 Å². The molecule has 0 unspecified atom stereocenters. The summed E-state index contributed by atoms with van der Waals surface area (Å²) in [5.74, 6) is 0.848. The van der Waals surface area contributed by atoms with Crippen LogP contribution in [0.25, 0.3) is 10.9 Å². The van der Waals surface area contributed by atoms with Gasteiger partial charge in [-0.1, -0.05) is 25.4 Å². The van der Waals surface area contributed by atoms with E-state index in [2.05, 4.69) is 39.7 Å². The molecule has 0 aliphatic carbocycles. The van der Waals surface area contributed by atoms with E-state index in [1.807, 2.05) is 6.07 Å². The summed E-state index contributed by atoms with van der Waals surface area (Å²) in [7, 11) is 0. The minimum atomic E-state index is -0.434. The van der Waals surface area contributed by atoms with Crippen molar-refractivity contribution in [2.45, 2.75) is 13.8 Å². The molecule has 1 amide bonds. The summed E-state index contributed by atoms with van der Waals surface area (Å²) in [6, 6.07) is 11.3. The number of rotatable bonds is 4. The van der Waals surface area contributed by atoms with Crippen molar-refractivity contribution in [2.24, 2.45) is 10.9 Å². The standard InChI is InChI=1S/C19H20ClN5O2/c1-11(2)10-21-19(23-18(27)12-3-6-14(26)7-4-12)22-17-15-8-5-13(20)9-16(15)24-25-17/h3-9,11,26H,10H2,1-2H3,(H3,21,22,23,24,25,27). The second kappa shape index (κ2) is 8.09. The van der Waals surface area contributed by atoms with Gasteiger partial charge >= 0.3 is 0 Å². The molecule has 27 heavy (non-hydrogen) atoms. The lowest BCUT2D eigenvalue weighted by Crippen LogP contribution is -2.34. The predicted molar refractivity (Wildman–Crippen MR) is 107 cm³/mol. The number of benzene rings is 2. The maximum atomic E-state index is 12.5. The van der Waals surface area contributed by atoms with Gasteiger partial charge in [-0.05, 0) is 48.4 Å². The zero-order valence-electron chi connectivity index (χ0n) is 15.0. The molecule has 1 heterocycles. The SMILES string of the molecule is CC(C)CN/C(=N/C(=O)c1ccc(O)cc1)Nc1n[nH]c2cc(Cl)ccc12.